The zero-order valence-electron chi connectivity index (χ0n) is 26.8. The van der Waals surface area contributed by atoms with Crippen molar-refractivity contribution in [2.24, 2.45) is 0 Å². The molecule has 0 unspecified atom stereocenters. The van der Waals surface area contributed by atoms with Crippen molar-refractivity contribution in [3.63, 3.8) is 0 Å². The molecule has 6 rings (SSSR count). The number of ether oxygens (including phenoxy) is 2. The molecule has 1 atom stereocenters. The second-order valence-electron chi connectivity index (χ2n) is 11.4. The van der Waals surface area contributed by atoms with Crippen molar-refractivity contribution >= 4 is 56.9 Å². The number of hydrogen-bond acceptors (Lipinski definition) is 10. The van der Waals surface area contributed by atoms with Crippen LogP contribution >= 0.6 is 34.4 Å². The lowest BCUT2D eigenvalue weighted by Gasteiger charge is -2.40. The number of aryl methyl sites for hydroxylation is 2. The second kappa shape index (κ2) is 13.5. The van der Waals surface area contributed by atoms with Crippen LogP contribution in [0.1, 0.15) is 35.6 Å². The van der Waals surface area contributed by atoms with E-state index in [4.69, 9.17) is 28.8 Å². The summed E-state index contributed by atoms with van der Waals surface area (Å²) in [5, 5.41) is 1.05. The van der Waals surface area contributed by atoms with E-state index in [9.17, 15) is 4.79 Å². The van der Waals surface area contributed by atoms with Gasteiger partial charge in [-0.2, -0.15) is 0 Å². The first-order chi connectivity index (χ1) is 22.2. The Balaban J connectivity index is 1.48. The highest BCUT2D eigenvalue weighted by atomic mass is 127. The van der Waals surface area contributed by atoms with Gasteiger partial charge in [0.25, 0.3) is 0 Å². The number of benzene rings is 2. The Hall–Kier alpha value is -3.84. The van der Waals surface area contributed by atoms with Crippen LogP contribution in [0.4, 0.5) is 11.6 Å². The summed E-state index contributed by atoms with van der Waals surface area (Å²) >= 11 is 3.76. The molecule has 0 spiro atoms. The Morgan fingerprint density at radius 2 is 1.59 bits per heavy atom. The van der Waals surface area contributed by atoms with Gasteiger partial charge in [-0.3, -0.25) is 0 Å². The summed E-state index contributed by atoms with van der Waals surface area (Å²) in [5.41, 5.74) is 4.78. The number of halogens is 1. The van der Waals surface area contributed by atoms with Crippen LogP contribution in [-0.4, -0.2) is 48.0 Å². The fourth-order valence-electron chi connectivity index (χ4n) is 5.64. The zero-order chi connectivity index (χ0) is 32.5. The van der Waals surface area contributed by atoms with Gasteiger partial charge in [0.2, 0.25) is 0 Å². The minimum atomic E-state index is -0.452. The minimum absolute atomic E-state index is 0.302. The fraction of sp³-hybridized carbons (Fsp3) is 0.314. The molecular weight excluding hydrogens is 713 g/mol. The Kier molecular flexibility index (Phi) is 9.42. The topological polar surface area (TPSA) is 93.8 Å². The molecule has 1 aliphatic rings. The van der Waals surface area contributed by atoms with E-state index in [-0.39, 0.29) is 0 Å². The molecular formula is C35H36IN5O4S. The number of rotatable bonds is 10. The number of anilines is 2. The van der Waals surface area contributed by atoms with Crippen molar-refractivity contribution in [2.45, 2.75) is 51.5 Å². The summed E-state index contributed by atoms with van der Waals surface area (Å²) in [5.74, 6) is 3.45. The zero-order valence-corrected chi connectivity index (χ0v) is 29.7. The lowest BCUT2D eigenvalue weighted by Crippen LogP contribution is -2.46. The maximum Gasteiger partial charge on any atom is 0.349 e. The van der Waals surface area contributed by atoms with E-state index in [0.29, 0.717) is 52.5 Å². The Bertz CT molecular complexity index is 1900. The van der Waals surface area contributed by atoms with Gasteiger partial charge in [0.1, 0.15) is 34.2 Å². The smallest absolute Gasteiger partial charge is 0.349 e. The van der Waals surface area contributed by atoms with E-state index < -0.39 is 5.63 Å². The number of fused-ring (bicyclic) bond motifs is 1. The first kappa shape index (κ1) is 32.1. The SMILES string of the molecule is COc1ccc(CN(Cc2ccc(OC)cc2)c2cc(C)c(I)c(-c3oc(=O)c4c(N5CC[C@H]5C)nc(SC)nc4c3C)n2)cc1. The molecule has 46 heavy (non-hydrogen) atoms. The van der Waals surface area contributed by atoms with Crippen LogP contribution in [-0.2, 0) is 13.1 Å². The predicted octanol–water partition coefficient (Wildman–Crippen LogP) is 7.41. The third-order valence-electron chi connectivity index (χ3n) is 8.47. The molecule has 3 aromatic heterocycles. The minimum Gasteiger partial charge on any atom is -0.497 e. The monoisotopic (exact) mass is 749 g/mol. The highest BCUT2D eigenvalue weighted by Gasteiger charge is 2.30. The summed E-state index contributed by atoms with van der Waals surface area (Å²) in [6.07, 6.45) is 3.00. The first-order valence-electron chi connectivity index (χ1n) is 15.0. The normalized spacial score (nSPS) is 14.3. The van der Waals surface area contributed by atoms with E-state index in [1.165, 1.54) is 11.8 Å². The van der Waals surface area contributed by atoms with Crippen molar-refractivity contribution in [3.05, 3.63) is 90.8 Å². The standard InChI is InChI=1S/C35H36IN5O4S/c1-20-17-27(40(18-23-7-11-25(43-4)12-8-23)19-24-9-13-26(44-5)14-10-24)37-31(29(20)36)32-22(3)30-28(34(42)45-32)33(39-35(38-30)46-6)41-16-15-21(41)2/h7-14,17,21H,15-16,18-19H2,1-6H3/t21-/m1/s1. The van der Waals surface area contributed by atoms with E-state index >= 15 is 0 Å². The number of hydrogen-bond donors (Lipinski definition) is 0. The molecule has 4 heterocycles. The molecule has 238 valence electrons. The van der Waals surface area contributed by atoms with Gasteiger partial charge in [0, 0.05) is 34.8 Å². The van der Waals surface area contributed by atoms with Crippen molar-refractivity contribution < 1.29 is 13.9 Å². The lowest BCUT2D eigenvalue weighted by molar-refractivity contribution is 0.414. The number of thioether (sulfide) groups is 1. The maximum absolute atomic E-state index is 13.8. The third-order valence-corrected chi connectivity index (χ3v) is 10.4. The van der Waals surface area contributed by atoms with Gasteiger partial charge in [0.05, 0.1) is 19.7 Å². The van der Waals surface area contributed by atoms with Gasteiger partial charge in [-0.1, -0.05) is 36.0 Å². The highest BCUT2D eigenvalue weighted by molar-refractivity contribution is 14.1. The summed E-state index contributed by atoms with van der Waals surface area (Å²) in [7, 11) is 3.33. The summed E-state index contributed by atoms with van der Waals surface area (Å²) in [6.45, 7) is 8.20. The average molecular weight is 750 g/mol. The van der Waals surface area contributed by atoms with Crippen molar-refractivity contribution in [3.8, 4) is 23.0 Å². The molecule has 1 fully saturated rings. The number of pyridine rings is 1. The number of aromatic nitrogens is 3. The van der Waals surface area contributed by atoms with Crippen LogP contribution < -0.4 is 24.9 Å². The van der Waals surface area contributed by atoms with Crippen LogP contribution in [0.25, 0.3) is 22.4 Å². The number of methoxy groups -OCH3 is 2. The van der Waals surface area contributed by atoms with Gasteiger partial charge in [0.15, 0.2) is 10.9 Å². The molecule has 5 aromatic rings. The van der Waals surface area contributed by atoms with Crippen molar-refractivity contribution in [2.75, 3.05) is 36.8 Å². The van der Waals surface area contributed by atoms with E-state index in [1.807, 2.05) is 37.4 Å². The van der Waals surface area contributed by atoms with Gasteiger partial charge < -0.3 is 23.7 Å². The Morgan fingerprint density at radius 1 is 0.978 bits per heavy atom. The van der Waals surface area contributed by atoms with Crippen LogP contribution in [0.2, 0.25) is 0 Å². The summed E-state index contributed by atoms with van der Waals surface area (Å²) < 4.78 is 17.8. The van der Waals surface area contributed by atoms with E-state index in [1.54, 1.807) is 14.2 Å². The quantitative estimate of drug-likeness (QED) is 0.0817. The molecule has 2 aromatic carbocycles. The molecule has 0 saturated carbocycles. The van der Waals surface area contributed by atoms with Crippen LogP contribution in [0, 0.1) is 17.4 Å². The lowest BCUT2D eigenvalue weighted by atomic mass is 10.0. The molecule has 0 radical (unpaired) electrons. The molecule has 0 N–H and O–H groups in total. The van der Waals surface area contributed by atoms with E-state index in [0.717, 1.165) is 56.1 Å². The van der Waals surface area contributed by atoms with Gasteiger partial charge >= 0.3 is 5.63 Å². The third kappa shape index (κ3) is 6.26. The van der Waals surface area contributed by atoms with Crippen molar-refractivity contribution in [1.29, 1.82) is 0 Å². The predicted molar refractivity (Wildman–Crippen MR) is 193 cm³/mol. The first-order valence-corrected chi connectivity index (χ1v) is 17.4. The van der Waals surface area contributed by atoms with Gasteiger partial charge in [-0.15, -0.1) is 0 Å². The van der Waals surface area contributed by atoms with E-state index in [2.05, 4.69) is 76.6 Å². The molecule has 0 aliphatic carbocycles. The maximum atomic E-state index is 13.8. The molecule has 1 saturated heterocycles. The Labute approximate surface area is 286 Å². The van der Waals surface area contributed by atoms with Gasteiger partial charge in [-0.05, 0) is 103 Å². The highest BCUT2D eigenvalue weighted by Crippen LogP contribution is 2.37. The average Bonchev–Trinajstić information content (AvgIpc) is 3.07. The van der Waals surface area contributed by atoms with Crippen LogP contribution in [0.3, 0.4) is 0 Å². The fourth-order valence-corrected chi connectivity index (χ4v) is 6.53. The molecule has 9 nitrogen and oxygen atoms in total. The molecule has 0 amide bonds. The largest absolute Gasteiger partial charge is 0.497 e. The Morgan fingerprint density at radius 3 is 2.09 bits per heavy atom. The second-order valence-corrected chi connectivity index (χ2v) is 13.3. The molecule has 11 heteroatoms. The summed E-state index contributed by atoms with van der Waals surface area (Å²) in [4.78, 5) is 32.9. The summed E-state index contributed by atoms with van der Waals surface area (Å²) in [6, 6.07) is 18.5. The molecule has 0 bridgehead atoms. The van der Waals surface area contributed by atoms with Gasteiger partial charge in [-0.25, -0.2) is 19.7 Å². The molecule has 1 aliphatic heterocycles. The van der Waals surface area contributed by atoms with Crippen molar-refractivity contribution in [1.82, 2.24) is 15.0 Å². The van der Waals surface area contributed by atoms with Crippen LogP contribution in [0.5, 0.6) is 11.5 Å². The van der Waals surface area contributed by atoms with Crippen LogP contribution in [0.15, 0.2) is 69.0 Å². The number of nitrogens with zero attached hydrogens (tertiary/aromatic N) is 5.